The zero-order valence-electron chi connectivity index (χ0n) is 17.7. The van der Waals surface area contributed by atoms with Crippen LogP contribution in [0.5, 0.6) is 0 Å². The molecule has 2 saturated heterocycles. The molecule has 0 saturated carbocycles. The second kappa shape index (κ2) is 8.82. The van der Waals surface area contributed by atoms with Crippen molar-refractivity contribution >= 4 is 44.3 Å². The number of amidine groups is 1. The second-order valence-corrected chi connectivity index (χ2v) is 11.6. The van der Waals surface area contributed by atoms with E-state index in [0.717, 1.165) is 11.3 Å². The van der Waals surface area contributed by atoms with Crippen molar-refractivity contribution in [1.29, 1.82) is 0 Å². The molecule has 10 heteroatoms. The highest BCUT2D eigenvalue weighted by atomic mass is 32.2. The number of thioether (sulfide) groups is 1. The first-order valence-electron chi connectivity index (χ1n) is 10.5. The third-order valence-electron chi connectivity index (χ3n) is 5.95. The molecule has 8 nitrogen and oxygen atoms in total. The Morgan fingerprint density at radius 2 is 2.00 bits per heavy atom. The van der Waals surface area contributed by atoms with Gasteiger partial charge in [0.15, 0.2) is 15.0 Å². The van der Waals surface area contributed by atoms with E-state index in [9.17, 15) is 18.0 Å². The lowest BCUT2D eigenvalue weighted by Gasteiger charge is -2.31. The molecule has 0 aliphatic carbocycles. The van der Waals surface area contributed by atoms with Crippen molar-refractivity contribution in [2.45, 2.75) is 38.0 Å². The van der Waals surface area contributed by atoms with Crippen LogP contribution in [-0.4, -0.2) is 72.9 Å². The highest BCUT2D eigenvalue weighted by Gasteiger charge is 2.42. The minimum Gasteiger partial charge on any atom is -0.466 e. The van der Waals surface area contributed by atoms with Crippen LogP contribution in [-0.2, 0) is 19.4 Å². The summed E-state index contributed by atoms with van der Waals surface area (Å²) in [4.78, 5) is 31.2. The number of hydrogen-bond donors (Lipinski definition) is 1. The maximum atomic E-state index is 13.0. The summed E-state index contributed by atoms with van der Waals surface area (Å²) in [5.41, 5.74) is 2.35. The topological polar surface area (TPSA) is 105 Å². The van der Waals surface area contributed by atoms with Gasteiger partial charge in [0.05, 0.1) is 30.1 Å². The molecule has 0 radical (unpaired) electrons. The third-order valence-corrected chi connectivity index (χ3v) is 9.09. The van der Waals surface area contributed by atoms with Gasteiger partial charge in [-0.3, -0.25) is 14.6 Å². The SMILES string of the molecule is CCOC(=O)C1CCN(C(=O)c2ccc(C)c(NC3=N[C@@H]4CS(=O)(=O)C[C@@H]4S3)c2)CC1. The molecular formula is C21H27N3O5S2. The molecule has 1 N–H and O–H groups in total. The van der Waals surface area contributed by atoms with E-state index >= 15 is 0 Å². The van der Waals surface area contributed by atoms with E-state index in [-0.39, 0.29) is 40.6 Å². The molecule has 3 aliphatic rings. The predicted molar refractivity (Wildman–Crippen MR) is 121 cm³/mol. The van der Waals surface area contributed by atoms with Crippen LogP contribution < -0.4 is 5.32 Å². The van der Waals surface area contributed by atoms with Gasteiger partial charge in [0.1, 0.15) is 0 Å². The molecule has 3 aliphatic heterocycles. The number of esters is 1. The van der Waals surface area contributed by atoms with Gasteiger partial charge in [-0.05, 0) is 44.4 Å². The predicted octanol–water partition coefficient (Wildman–Crippen LogP) is 2.09. The fourth-order valence-electron chi connectivity index (χ4n) is 4.18. The van der Waals surface area contributed by atoms with Crippen molar-refractivity contribution in [3.8, 4) is 0 Å². The number of ether oxygens (including phenoxy) is 1. The number of carbonyl (C=O) groups is 2. The Hall–Kier alpha value is -2.07. The summed E-state index contributed by atoms with van der Waals surface area (Å²) in [5, 5.41) is 3.96. The summed E-state index contributed by atoms with van der Waals surface area (Å²) in [6, 6.07) is 5.34. The average Bonchev–Trinajstić information content (AvgIpc) is 3.22. The van der Waals surface area contributed by atoms with Gasteiger partial charge in [-0.2, -0.15) is 0 Å². The number of aliphatic imine (C=N–C) groups is 1. The summed E-state index contributed by atoms with van der Waals surface area (Å²) < 4.78 is 28.6. The number of amides is 1. The number of likely N-dealkylation sites (tertiary alicyclic amines) is 1. The first-order valence-corrected chi connectivity index (χ1v) is 13.2. The monoisotopic (exact) mass is 465 g/mol. The summed E-state index contributed by atoms with van der Waals surface area (Å²) in [7, 11) is -2.99. The van der Waals surface area contributed by atoms with Crippen molar-refractivity contribution in [1.82, 2.24) is 4.90 Å². The van der Waals surface area contributed by atoms with Crippen LogP contribution in [0.15, 0.2) is 23.2 Å². The standard InChI is InChI=1S/C21H27N3O5S2/c1-3-29-20(26)14-6-8-24(9-7-14)19(25)15-5-4-13(2)16(10-15)22-21-23-17-11-31(27,28)12-18(17)30-21/h4-5,10,14,17-18H,3,6-9,11-12H2,1-2H3,(H,22,23)/t17-,18+/m1/s1. The first-order chi connectivity index (χ1) is 14.8. The zero-order chi connectivity index (χ0) is 22.2. The number of rotatable bonds is 4. The third kappa shape index (κ3) is 4.90. The highest BCUT2D eigenvalue weighted by Crippen LogP contribution is 2.35. The number of hydrogen-bond acceptors (Lipinski definition) is 8. The molecule has 4 rings (SSSR count). The molecule has 1 aromatic carbocycles. The van der Waals surface area contributed by atoms with Crippen molar-refractivity contribution in [3.05, 3.63) is 29.3 Å². The van der Waals surface area contributed by atoms with Gasteiger partial charge >= 0.3 is 5.97 Å². The fourth-order valence-corrected chi connectivity index (χ4v) is 7.85. The van der Waals surface area contributed by atoms with E-state index in [4.69, 9.17) is 4.74 Å². The van der Waals surface area contributed by atoms with Crippen LogP contribution in [0, 0.1) is 12.8 Å². The van der Waals surface area contributed by atoms with Gasteiger partial charge < -0.3 is 15.0 Å². The maximum absolute atomic E-state index is 13.0. The lowest BCUT2D eigenvalue weighted by Crippen LogP contribution is -2.40. The van der Waals surface area contributed by atoms with Gasteiger partial charge in [-0.15, -0.1) is 0 Å². The Bertz CT molecular complexity index is 1020. The normalized spacial score (nSPS) is 25.1. The Balaban J connectivity index is 1.40. The van der Waals surface area contributed by atoms with Gasteiger partial charge in [0, 0.05) is 29.6 Å². The minimum atomic E-state index is -2.99. The molecule has 0 aromatic heterocycles. The van der Waals surface area contributed by atoms with E-state index in [2.05, 4.69) is 10.3 Å². The largest absolute Gasteiger partial charge is 0.466 e. The molecule has 3 heterocycles. The maximum Gasteiger partial charge on any atom is 0.309 e. The first kappa shape index (κ1) is 22.1. The number of benzene rings is 1. The minimum absolute atomic E-state index is 0.0293. The number of fused-ring (bicyclic) bond motifs is 1. The van der Waals surface area contributed by atoms with E-state index in [1.54, 1.807) is 11.8 Å². The van der Waals surface area contributed by atoms with Crippen LogP contribution in [0.1, 0.15) is 35.7 Å². The van der Waals surface area contributed by atoms with Crippen molar-refractivity contribution in [2.75, 3.05) is 36.5 Å². The summed E-state index contributed by atoms with van der Waals surface area (Å²) >= 11 is 1.46. The molecule has 168 valence electrons. The molecule has 0 spiro atoms. The van der Waals surface area contributed by atoms with Gasteiger partial charge in [0.25, 0.3) is 5.91 Å². The summed E-state index contributed by atoms with van der Waals surface area (Å²) in [6.45, 7) is 5.17. The smallest absolute Gasteiger partial charge is 0.309 e. The van der Waals surface area contributed by atoms with Crippen molar-refractivity contribution in [2.24, 2.45) is 10.9 Å². The van der Waals surface area contributed by atoms with Crippen LogP contribution in [0.3, 0.4) is 0 Å². The number of piperidine rings is 1. The average molecular weight is 466 g/mol. The van der Waals surface area contributed by atoms with E-state index in [0.29, 0.717) is 43.3 Å². The molecule has 0 bridgehead atoms. The van der Waals surface area contributed by atoms with Crippen molar-refractivity contribution < 1.29 is 22.7 Å². The van der Waals surface area contributed by atoms with Crippen LogP contribution in [0.2, 0.25) is 0 Å². The van der Waals surface area contributed by atoms with E-state index in [1.807, 2.05) is 25.1 Å². The lowest BCUT2D eigenvalue weighted by atomic mass is 9.96. The number of sulfone groups is 1. The van der Waals surface area contributed by atoms with E-state index in [1.165, 1.54) is 11.8 Å². The number of aryl methyl sites for hydroxylation is 1. The fraction of sp³-hybridized carbons (Fsp3) is 0.571. The zero-order valence-corrected chi connectivity index (χ0v) is 19.3. The summed E-state index contributed by atoms with van der Waals surface area (Å²) in [6.07, 6.45) is 1.22. The molecule has 2 atom stereocenters. The van der Waals surface area contributed by atoms with Gasteiger partial charge in [0.2, 0.25) is 0 Å². The molecule has 2 fully saturated rings. The quantitative estimate of drug-likeness (QED) is 0.679. The van der Waals surface area contributed by atoms with Crippen LogP contribution in [0.25, 0.3) is 0 Å². The molecule has 1 aromatic rings. The Morgan fingerprint density at radius 3 is 2.68 bits per heavy atom. The van der Waals surface area contributed by atoms with Gasteiger partial charge in [-0.25, -0.2) is 8.42 Å². The number of nitrogens with one attached hydrogen (secondary N) is 1. The Morgan fingerprint density at radius 1 is 1.26 bits per heavy atom. The molecule has 31 heavy (non-hydrogen) atoms. The molecule has 1 amide bonds. The molecule has 0 unspecified atom stereocenters. The van der Waals surface area contributed by atoms with Gasteiger partial charge in [-0.1, -0.05) is 17.8 Å². The number of nitrogens with zero attached hydrogens (tertiary/aromatic N) is 2. The molecular weight excluding hydrogens is 438 g/mol. The number of carbonyl (C=O) groups excluding carboxylic acids is 2. The van der Waals surface area contributed by atoms with E-state index < -0.39 is 9.84 Å². The van der Waals surface area contributed by atoms with Crippen LogP contribution in [0.4, 0.5) is 5.69 Å². The Labute approximate surface area is 186 Å². The van der Waals surface area contributed by atoms with Crippen molar-refractivity contribution in [3.63, 3.8) is 0 Å². The highest BCUT2D eigenvalue weighted by molar-refractivity contribution is 8.15. The van der Waals surface area contributed by atoms with Crippen LogP contribution >= 0.6 is 11.8 Å². The lowest BCUT2D eigenvalue weighted by molar-refractivity contribution is -0.149. The second-order valence-electron chi connectivity index (χ2n) is 8.21. The Kier molecular flexibility index (Phi) is 6.30. The summed E-state index contributed by atoms with van der Waals surface area (Å²) in [5.74, 6) is -0.108. The number of anilines is 1.